The molecule has 5 rings (SSSR count). The lowest BCUT2D eigenvalue weighted by atomic mass is 9.97. The number of fused-ring (bicyclic) bond motifs is 4. The summed E-state index contributed by atoms with van der Waals surface area (Å²) in [5.41, 5.74) is 4.62. The van der Waals surface area contributed by atoms with Gasteiger partial charge in [-0.3, -0.25) is 9.89 Å². The molecule has 27 heavy (non-hydrogen) atoms. The molecule has 0 aliphatic rings. The van der Waals surface area contributed by atoms with Crippen molar-refractivity contribution in [1.29, 1.82) is 0 Å². The fraction of sp³-hybridized carbons (Fsp3) is 0.143. The summed E-state index contributed by atoms with van der Waals surface area (Å²) in [5, 5.41) is 17.7. The highest BCUT2D eigenvalue weighted by molar-refractivity contribution is 6.15. The third-order valence-corrected chi connectivity index (χ3v) is 5.02. The van der Waals surface area contributed by atoms with E-state index in [1.165, 1.54) is 11.6 Å². The van der Waals surface area contributed by atoms with Gasteiger partial charge in [0.05, 0.1) is 5.39 Å². The van der Waals surface area contributed by atoms with E-state index in [4.69, 9.17) is 4.42 Å². The van der Waals surface area contributed by atoms with E-state index in [0.717, 1.165) is 16.5 Å². The first-order chi connectivity index (χ1) is 13.0. The van der Waals surface area contributed by atoms with E-state index >= 15 is 0 Å². The van der Waals surface area contributed by atoms with Crippen molar-refractivity contribution in [2.24, 2.45) is 0 Å². The number of pyridine rings is 1. The molecule has 0 spiro atoms. The van der Waals surface area contributed by atoms with Crippen LogP contribution in [0.1, 0.15) is 25.3 Å². The third-order valence-electron chi connectivity index (χ3n) is 5.02. The van der Waals surface area contributed by atoms with Crippen LogP contribution in [-0.4, -0.2) is 20.3 Å². The largest absolute Gasteiger partial charge is 0.502 e. The number of nitrogens with zero attached hydrogens (tertiary/aromatic N) is 1. The zero-order valence-electron chi connectivity index (χ0n) is 14.8. The van der Waals surface area contributed by atoms with E-state index in [0.29, 0.717) is 28.1 Å². The molecular formula is C21H17N3O3. The van der Waals surface area contributed by atoms with Gasteiger partial charge in [-0.05, 0) is 29.2 Å². The van der Waals surface area contributed by atoms with Gasteiger partial charge in [0.1, 0.15) is 5.52 Å². The van der Waals surface area contributed by atoms with Crippen LogP contribution in [0.3, 0.4) is 0 Å². The lowest BCUT2D eigenvalue weighted by Gasteiger charge is -2.08. The van der Waals surface area contributed by atoms with Crippen molar-refractivity contribution in [1.82, 2.24) is 15.2 Å². The van der Waals surface area contributed by atoms with E-state index < -0.39 is 5.43 Å². The molecule has 0 radical (unpaired) electrons. The van der Waals surface area contributed by atoms with Gasteiger partial charge in [0, 0.05) is 17.1 Å². The van der Waals surface area contributed by atoms with Crippen molar-refractivity contribution in [3.63, 3.8) is 0 Å². The first-order valence-corrected chi connectivity index (χ1v) is 8.79. The minimum Gasteiger partial charge on any atom is -0.502 e. The highest BCUT2D eigenvalue weighted by Crippen LogP contribution is 2.40. The Morgan fingerprint density at radius 3 is 2.56 bits per heavy atom. The SMILES string of the molecule is CC(C)c1ccc(-c2c3c[nH][nH]c3nc3c2oc2c(O)c(=O)ccc23)cc1. The molecule has 3 N–H and O–H groups in total. The molecule has 2 aromatic carbocycles. The molecule has 0 amide bonds. The number of aromatic nitrogens is 3. The minimum absolute atomic E-state index is 0.168. The quantitative estimate of drug-likeness (QED) is 0.428. The second kappa shape index (κ2) is 5.48. The summed E-state index contributed by atoms with van der Waals surface area (Å²) in [7, 11) is 0. The Hall–Kier alpha value is -3.54. The Morgan fingerprint density at radius 2 is 1.81 bits per heavy atom. The zero-order valence-corrected chi connectivity index (χ0v) is 14.8. The van der Waals surface area contributed by atoms with Crippen LogP contribution in [-0.2, 0) is 0 Å². The molecule has 0 atom stereocenters. The molecule has 5 aromatic rings. The Labute approximate surface area is 153 Å². The van der Waals surface area contributed by atoms with Gasteiger partial charge in [0.25, 0.3) is 0 Å². The number of aromatic hydroxyl groups is 1. The summed E-state index contributed by atoms with van der Waals surface area (Å²) < 4.78 is 5.96. The highest BCUT2D eigenvalue weighted by atomic mass is 16.4. The molecule has 6 nitrogen and oxygen atoms in total. The van der Waals surface area contributed by atoms with Crippen molar-refractivity contribution in [2.45, 2.75) is 19.8 Å². The molecule has 0 unspecified atom stereocenters. The molecular weight excluding hydrogens is 342 g/mol. The molecule has 6 heteroatoms. The van der Waals surface area contributed by atoms with Crippen LogP contribution in [0.2, 0.25) is 0 Å². The van der Waals surface area contributed by atoms with Gasteiger partial charge in [-0.15, -0.1) is 0 Å². The first kappa shape index (κ1) is 15.7. The van der Waals surface area contributed by atoms with Crippen LogP contribution >= 0.6 is 0 Å². The van der Waals surface area contributed by atoms with Gasteiger partial charge in [-0.1, -0.05) is 38.1 Å². The summed E-state index contributed by atoms with van der Waals surface area (Å²) in [4.78, 5) is 16.4. The number of phenolic OH excluding ortho intramolecular Hbond substituents is 1. The van der Waals surface area contributed by atoms with Gasteiger partial charge >= 0.3 is 0 Å². The van der Waals surface area contributed by atoms with Gasteiger partial charge in [-0.25, -0.2) is 4.98 Å². The fourth-order valence-corrected chi connectivity index (χ4v) is 3.54. The zero-order chi connectivity index (χ0) is 18.7. The third kappa shape index (κ3) is 2.19. The van der Waals surface area contributed by atoms with Gasteiger partial charge in [0.2, 0.25) is 11.2 Å². The van der Waals surface area contributed by atoms with E-state index in [9.17, 15) is 9.90 Å². The van der Waals surface area contributed by atoms with Crippen LogP contribution in [0.15, 0.2) is 51.8 Å². The van der Waals surface area contributed by atoms with E-state index in [1.54, 1.807) is 6.07 Å². The average molecular weight is 359 g/mol. The lowest BCUT2D eigenvalue weighted by molar-refractivity contribution is 0.464. The molecule has 0 saturated carbocycles. The summed E-state index contributed by atoms with van der Waals surface area (Å²) in [6.45, 7) is 4.31. The maximum Gasteiger partial charge on any atom is 0.224 e. The number of phenols is 1. The number of aromatic amines is 2. The Morgan fingerprint density at radius 1 is 1.04 bits per heavy atom. The molecule has 0 aliphatic carbocycles. The molecule has 0 saturated heterocycles. The standard InChI is InChI=1S/C21H17N3O3/c1-10(2)11-3-5-12(6-4-11)16-14-9-22-24-21(14)23-17-13-7-8-15(25)18(26)19(13)27-20(16)17/h3-10,26H,1-2H3,(H2,22,23,24). The summed E-state index contributed by atoms with van der Waals surface area (Å²) >= 11 is 0. The van der Waals surface area contributed by atoms with Gasteiger partial charge in [-0.2, -0.15) is 0 Å². The second-order valence-electron chi connectivity index (χ2n) is 7.01. The minimum atomic E-state index is -0.469. The van der Waals surface area contributed by atoms with Crippen LogP contribution in [0, 0.1) is 0 Å². The number of H-pyrrole nitrogens is 2. The Balaban J connectivity index is 1.92. The fourth-order valence-electron chi connectivity index (χ4n) is 3.54. The Kier molecular flexibility index (Phi) is 3.18. The number of rotatable bonds is 2. The maximum atomic E-state index is 11.8. The topological polar surface area (TPSA) is 94.9 Å². The summed E-state index contributed by atoms with van der Waals surface area (Å²) in [5.74, 6) is 0.0533. The van der Waals surface area contributed by atoms with Crippen molar-refractivity contribution in [3.05, 3.63) is 58.4 Å². The van der Waals surface area contributed by atoms with Crippen molar-refractivity contribution in [3.8, 4) is 16.9 Å². The number of hydrogen-bond donors (Lipinski definition) is 3. The van der Waals surface area contributed by atoms with Gasteiger partial charge in [0.15, 0.2) is 16.8 Å². The smallest absolute Gasteiger partial charge is 0.224 e. The number of benzene rings is 2. The first-order valence-electron chi connectivity index (χ1n) is 8.79. The molecule has 3 heterocycles. The predicted molar refractivity (Wildman–Crippen MR) is 105 cm³/mol. The molecule has 0 fully saturated rings. The van der Waals surface area contributed by atoms with E-state index in [-0.39, 0.29) is 11.3 Å². The molecule has 3 aromatic heterocycles. The summed E-state index contributed by atoms with van der Waals surface area (Å²) in [6.07, 6.45) is 1.83. The average Bonchev–Trinajstić information content (AvgIpc) is 3.27. The lowest BCUT2D eigenvalue weighted by Crippen LogP contribution is -1.95. The number of nitrogens with one attached hydrogen (secondary N) is 2. The normalized spacial score (nSPS) is 12.0. The van der Waals surface area contributed by atoms with Crippen molar-refractivity contribution < 1.29 is 9.52 Å². The molecule has 0 aliphatic heterocycles. The Bertz CT molecular complexity index is 1370. The van der Waals surface area contributed by atoms with Crippen molar-refractivity contribution >= 4 is 33.1 Å². The summed E-state index contributed by atoms with van der Waals surface area (Å²) in [6, 6.07) is 11.3. The monoisotopic (exact) mass is 359 g/mol. The van der Waals surface area contributed by atoms with Crippen LogP contribution in [0.4, 0.5) is 0 Å². The van der Waals surface area contributed by atoms with E-state index in [1.807, 2.05) is 6.20 Å². The van der Waals surface area contributed by atoms with Gasteiger partial charge < -0.3 is 14.6 Å². The van der Waals surface area contributed by atoms with Crippen LogP contribution in [0.5, 0.6) is 5.75 Å². The molecule has 134 valence electrons. The molecule has 0 bridgehead atoms. The van der Waals surface area contributed by atoms with Crippen LogP contribution in [0.25, 0.3) is 44.2 Å². The maximum absolute atomic E-state index is 11.8. The highest BCUT2D eigenvalue weighted by Gasteiger charge is 2.21. The second-order valence-corrected chi connectivity index (χ2v) is 7.01. The number of furan rings is 1. The van der Waals surface area contributed by atoms with E-state index in [2.05, 4.69) is 53.3 Å². The van der Waals surface area contributed by atoms with Crippen molar-refractivity contribution in [2.75, 3.05) is 0 Å². The van der Waals surface area contributed by atoms with Crippen LogP contribution < -0.4 is 5.43 Å². The predicted octanol–water partition coefficient (Wildman–Crippen LogP) is 4.65. The number of hydrogen-bond acceptors (Lipinski definition) is 4.